The molecule has 6 rings (SSSR count). The molecule has 2 atom stereocenters. The highest BCUT2D eigenvalue weighted by Crippen LogP contribution is 2.65. The zero-order valence-electron chi connectivity index (χ0n) is 20.8. The number of hydrogen-bond acceptors (Lipinski definition) is 5. The number of aromatic hydroxyl groups is 2. The molecule has 3 aromatic carbocycles. The van der Waals surface area contributed by atoms with Crippen LogP contribution in [0.1, 0.15) is 42.9 Å². The number of carbonyl (C=O) groups excluding carboxylic acids is 1. The molecule has 38 heavy (non-hydrogen) atoms. The standard InChI is InChI=1S/C31H26N2O5/c1-30-17-18-31(38-30,16-8-13-25(34)37-19-20-9-4-3-5-10-20)27-26(30)28(35)33(29(27)36)24-15-14-23(32-2)21-11-6-7-12-22(21)24/h3-15,35-36H,16-19H2,1H3. The predicted octanol–water partition coefficient (Wildman–Crippen LogP) is 6.52. The normalized spacial score (nSPS) is 21.6. The summed E-state index contributed by atoms with van der Waals surface area (Å²) in [6.07, 6.45) is 4.74. The number of fused-ring (bicyclic) bond motifs is 6. The number of ether oxygens (including phenoxy) is 2. The molecule has 1 aromatic heterocycles. The zero-order valence-corrected chi connectivity index (χ0v) is 20.8. The lowest BCUT2D eigenvalue weighted by atomic mass is 9.78. The molecule has 7 heteroatoms. The molecule has 0 spiro atoms. The molecular formula is C31H26N2O5. The summed E-state index contributed by atoms with van der Waals surface area (Å²) in [7, 11) is 0. The van der Waals surface area contributed by atoms with E-state index < -0.39 is 17.2 Å². The third kappa shape index (κ3) is 3.57. The van der Waals surface area contributed by atoms with E-state index in [0.29, 0.717) is 41.8 Å². The van der Waals surface area contributed by atoms with Crippen LogP contribution in [0.15, 0.2) is 78.9 Å². The molecule has 2 aliphatic rings. The minimum Gasteiger partial charge on any atom is -0.494 e. The summed E-state index contributed by atoms with van der Waals surface area (Å²) in [5, 5.41) is 24.5. The Morgan fingerprint density at radius 2 is 1.74 bits per heavy atom. The molecule has 3 heterocycles. The second-order valence-electron chi connectivity index (χ2n) is 10.0. The fourth-order valence-corrected chi connectivity index (χ4v) is 5.96. The number of benzene rings is 3. The van der Waals surface area contributed by atoms with Crippen molar-refractivity contribution in [3.63, 3.8) is 0 Å². The maximum Gasteiger partial charge on any atom is 0.330 e. The van der Waals surface area contributed by atoms with Gasteiger partial charge in [0.1, 0.15) is 12.2 Å². The van der Waals surface area contributed by atoms with Gasteiger partial charge < -0.3 is 19.7 Å². The SMILES string of the molecule is [C-]#[N+]c1ccc(-n2c(O)c3c(c2O)C2(CC=CC(=O)OCc4ccccc4)CCC3(C)O2)c2ccccc12. The monoisotopic (exact) mass is 506 g/mol. The highest BCUT2D eigenvalue weighted by atomic mass is 16.5. The van der Waals surface area contributed by atoms with Crippen LogP contribution >= 0.6 is 0 Å². The van der Waals surface area contributed by atoms with Gasteiger partial charge in [0.05, 0.1) is 29.0 Å². The Balaban J connectivity index is 1.34. The Morgan fingerprint density at radius 3 is 2.50 bits per heavy atom. The molecule has 190 valence electrons. The third-order valence-electron chi connectivity index (χ3n) is 7.70. The second kappa shape index (κ2) is 8.79. The van der Waals surface area contributed by atoms with E-state index in [-0.39, 0.29) is 18.4 Å². The first kappa shape index (κ1) is 23.8. The highest BCUT2D eigenvalue weighted by Gasteiger charge is 2.61. The second-order valence-corrected chi connectivity index (χ2v) is 10.0. The van der Waals surface area contributed by atoms with Crippen molar-refractivity contribution in [2.45, 2.75) is 44.0 Å². The maximum absolute atomic E-state index is 12.3. The molecule has 0 aliphatic carbocycles. The van der Waals surface area contributed by atoms with Crippen molar-refractivity contribution in [2.75, 3.05) is 0 Å². The first-order valence-corrected chi connectivity index (χ1v) is 12.5. The van der Waals surface area contributed by atoms with E-state index in [1.807, 2.05) is 61.5 Å². The summed E-state index contributed by atoms with van der Waals surface area (Å²) in [5.74, 6) is -0.629. The van der Waals surface area contributed by atoms with Crippen molar-refractivity contribution < 1.29 is 24.5 Å². The molecule has 0 radical (unpaired) electrons. The topological polar surface area (TPSA) is 85.3 Å². The molecule has 0 amide bonds. The molecular weight excluding hydrogens is 480 g/mol. The molecule has 2 N–H and O–H groups in total. The van der Waals surface area contributed by atoms with Gasteiger partial charge in [-0.2, -0.15) is 0 Å². The molecule has 2 unspecified atom stereocenters. The van der Waals surface area contributed by atoms with Crippen LogP contribution in [0.5, 0.6) is 11.8 Å². The van der Waals surface area contributed by atoms with Crippen molar-refractivity contribution in [1.29, 1.82) is 0 Å². The van der Waals surface area contributed by atoms with Crippen molar-refractivity contribution in [2.24, 2.45) is 0 Å². The molecule has 1 saturated heterocycles. The maximum atomic E-state index is 12.3. The lowest BCUT2D eigenvalue weighted by Gasteiger charge is -2.25. The van der Waals surface area contributed by atoms with Crippen LogP contribution in [-0.4, -0.2) is 20.7 Å². The van der Waals surface area contributed by atoms with Crippen molar-refractivity contribution in [1.82, 2.24) is 4.57 Å². The van der Waals surface area contributed by atoms with Crippen molar-refractivity contribution in [3.8, 4) is 17.4 Å². The number of carbonyl (C=O) groups is 1. The van der Waals surface area contributed by atoms with E-state index in [1.165, 1.54) is 10.6 Å². The molecule has 4 aromatic rings. The number of rotatable bonds is 6. The fourth-order valence-electron chi connectivity index (χ4n) is 5.96. The van der Waals surface area contributed by atoms with Crippen LogP contribution in [0.2, 0.25) is 0 Å². The van der Waals surface area contributed by atoms with Crippen LogP contribution in [0.3, 0.4) is 0 Å². The summed E-state index contributed by atoms with van der Waals surface area (Å²) >= 11 is 0. The Bertz CT molecular complexity index is 1650. The lowest BCUT2D eigenvalue weighted by molar-refractivity contribution is -0.139. The van der Waals surface area contributed by atoms with Crippen LogP contribution < -0.4 is 0 Å². The van der Waals surface area contributed by atoms with Gasteiger partial charge >= 0.3 is 5.97 Å². The fraction of sp³-hybridized carbons (Fsp3) is 0.226. The van der Waals surface area contributed by atoms with E-state index in [1.54, 1.807) is 18.2 Å². The third-order valence-corrected chi connectivity index (χ3v) is 7.70. The Kier molecular flexibility index (Phi) is 5.51. The van der Waals surface area contributed by atoms with E-state index in [0.717, 1.165) is 16.3 Å². The number of nitrogens with zero attached hydrogens (tertiary/aromatic N) is 2. The molecule has 7 nitrogen and oxygen atoms in total. The number of hydrogen-bond donors (Lipinski definition) is 2. The summed E-state index contributed by atoms with van der Waals surface area (Å²) in [4.78, 5) is 15.9. The molecule has 0 saturated carbocycles. The van der Waals surface area contributed by atoms with E-state index in [4.69, 9.17) is 16.0 Å². The van der Waals surface area contributed by atoms with Gasteiger partial charge in [-0.05, 0) is 48.6 Å². The smallest absolute Gasteiger partial charge is 0.330 e. The van der Waals surface area contributed by atoms with Crippen molar-refractivity contribution >= 4 is 22.4 Å². The van der Waals surface area contributed by atoms with Gasteiger partial charge in [-0.3, -0.25) is 4.57 Å². The molecule has 2 bridgehead atoms. The van der Waals surface area contributed by atoms with Crippen LogP contribution in [0.25, 0.3) is 21.3 Å². The summed E-state index contributed by atoms with van der Waals surface area (Å²) in [5.41, 5.74) is 1.45. The van der Waals surface area contributed by atoms with Gasteiger partial charge in [0.15, 0.2) is 5.69 Å². The van der Waals surface area contributed by atoms with E-state index in [2.05, 4.69) is 4.85 Å². The van der Waals surface area contributed by atoms with Gasteiger partial charge in [0.25, 0.3) is 0 Å². The Hall–Kier alpha value is -4.54. The lowest BCUT2D eigenvalue weighted by Crippen LogP contribution is -2.22. The average Bonchev–Trinajstić information content (AvgIpc) is 3.51. The van der Waals surface area contributed by atoms with Crippen molar-refractivity contribution in [3.05, 3.63) is 107 Å². The molecule has 2 aliphatic heterocycles. The van der Waals surface area contributed by atoms with E-state index >= 15 is 0 Å². The van der Waals surface area contributed by atoms with Crippen LogP contribution in [0.4, 0.5) is 5.69 Å². The summed E-state index contributed by atoms with van der Waals surface area (Å²) in [6, 6.07) is 20.3. The summed E-state index contributed by atoms with van der Waals surface area (Å²) in [6.45, 7) is 9.61. The Morgan fingerprint density at radius 1 is 1.03 bits per heavy atom. The highest BCUT2D eigenvalue weighted by molar-refractivity contribution is 6.00. The van der Waals surface area contributed by atoms with Gasteiger partial charge in [-0.1, -0.05) is 66.7 Å². The van der Waals surface area contributed by atoms with Gasteiger partial charge in [0, 0.05) is 6.08 Å². The van der Waals surface area contributed by atoms with E-state index in [9.17, 15) is 15.0 Å². The predicted molar refractivity (Wildman–Crippen MR) is 142 cm³/mol. The average molecular weight is 507 g/mol. The van der Waals surface area contributed by atoms with Crippen LogP contribution in [0, 0.1) is 6.57 Å². The first-order valence-electron chi connectivity index (χ1n) is 12.5. The number of aromatic nitrogens is 1. The number of esters is 1. The van der Waals surface area contributed by atoms with Gasteiger partial charge in [0.2, 0.25) is 11.8 Å². The largest absolute Gasteiger partial charge is 0.494 e. The minimum absolute atomic E-state index is 0.0754. The van der Waals surface area contributed by atoms with Gasteiger partial charge in [-0.15, -0.1) is 0 Å². The minimum atomic E-state index is -0.876. The van der Waals surface area contributed by atoms with Crippen LogP contribution in [-0.2, 0) is 32.1 Å². The first-order chi connectivity index (χ1) is 18.4. The van der Waals surface area contributed by atoms with Gasteiger partial charge in [-0.25, -0.2) is 9.64 Å². The zero-order chi connectivity index (χ0) is 26.5. The molecule has 1 fully saturated rings. The quantitative estimate of drug-likeness (QED) is 0.177. The summed E-state index contributed by atoms with van der Waals surface area (Å²) < 4.78 is 13.3. The Labute approximate surface area is 220 Å².